The van der Waals surface area contributed by atoms with Gasteiger partial charge in [-0.25, -0.2) is 4.79 Å². The zero-order chi connectivity index (χ0) is 13.3. The average molecular weight is 260 g/mol. The van der Waals surface area contributed by atoms with Crippen LogP contribution in [0.4, 0.5) is 0 Å². The van der Waals surface area contributed by atoms with E-state index in [1.165, 1.54) is 0 Å². The molecule has 0 N–H and O–H groups in total. The molecule has 1 unspecified atom stereocenters. The first-order valence-electron chi connectivity index (χ1n) is 7.18. The Balaban J connectivity index is 1.92. The summed E-state index contributed by atoms with van der Waals surface area (Å²) in [5, 5.41) is 0. The van der Waals surface area contributed by atoms with Gasteiger partial charge in [-0.05, 0) is 24.8 Å². The molecule has 2 fully saturated rings. The van der Waals surface area contributed by atoms with Crippen molar-refractivity contribution < 1.29 is 14.3 Å². The molecule has 0 amide bonds. The second-order valence-electron chi connectivity index (χ2n) is 5.49. The number of ether oxygens (including phenoxy) is 2. The fourth-order valence-electron chi connectivity index (χ4n) is 3.30. The minimum atomic E-state index is -0.833. The summed E-state index contributed by atoms with van der Waals surface area (Å²) in [4.78, 5) is 12.5. The molecule has 3 rings (SSSR count). The van der Waals surface area contributed by atoms with Gasteiger partial charge in [0.25, 0.3) is 0 Å². The minimum absolute atomic E-state index is 0.206. The van der Waals surface area contributed by atoms with E-state index >= 15 is 0 Å². The van der Waals surface area contributed by atoms with Crippen LogP contribution < -0.4 is 0 Å². The van der Waals surface area contributed by atoms with Gasteiger partial charge in [0, 0.05) is 0 Å². The number of hydrogen-bond acceptors (Lipinski definition) is 3. The van der Waals surface area contributed by atoms with Crippen LogP contribution in [0.2, 0.25) is 0 Å². The molecule has 0 radical (unpaired) electrons. The Hall–Kier alpha value is -1.35. The molecule has 102 valence electrons. The predicted molar refractivity (Wildman–Crippen MR) is 71.7 cm³/mol. The molecule has 3 heteroatoms. The summed E-state index contributed by atoms with van der Waals surface area (Å²) in [7, 11) is 0. The molecular formula is C16H20O3. The van der Waals surface area contributed by atoms with Gasteiger partial charge in [-0.15, -0.1) is 0 Å². The minimum Gasteiger partial charge on any atom is -0.463 e. The summed E-state index contributed by atoms with van der Waals surface area (Å²) in [6, 6.07) is 9.81. The fraction of sp³-hybridized carbons (Fsp3) is 0.562. The molecule has 1 saturated carbocycles. The van der Waals surface area contributed by atoms with Gasteiger partial charge in [0.15, 0.2) is 0 Å². The SMILES string of the molecule is CCCOC(=O)C1(c2ccccc2)OC12CCCC2. The van der Waals surface area contributed by atoms with Gasteiger partial charge in [0.2, 0.25) is 5.60 Å². The van der Waals surface area contributed by atoms with E-state index in [2.05, 4.69) is 0 Å². The highest BCUT2D eigenvalue weighted by Crippen LogP contribution is 2.64. The summed E-state index contributed by atoms with van der Waals surface area (Å²) in [6.45, 7) is 2.47. The van der Waals surface area contributed by atoms with Crippen molar-refractivity contribution in [1.29, 1.82) is 0 Å². The standard InChI is InChI=1S/C16H20O3/c1-2-12-18-14(17)16(13-8-4-3-5-9-13)15(19-16)10-6-7-11-15/h3-5,8-9H,2,6-7,10-12H2,1H3. The Morgan fingerprint density at radius 2 is 1.95 bits per heavy atom. The molecule has 3 nitrogen and oxygen atoms in total. The molecule has 1 aliphatic heterocycles. The van der Waals surface area contributed by atoms with Gasteiger partial charge >= 0.3 is 5.97 Å². The van der Waals surface area contributed by atoms with Gasteiger partial charge in [0.05, 0.1) is 6.61 Å². The number of hydrogen-bond donors (Lipinski definition) is 0. The van der Waals surface area contributed by atoms with E-state index < -0.39 is 5.60 Å². The van der Waals surface area contributed by atoms with Gasteiger partial charge in [-0.1, -0.05) is 50.1 Å². The molecule has 1 atom stereocenters. The molecule has 0 aromatic heterocycles. The molecule has 0 bridgehead atoms. The first-order chi connectivity index (χ1) is 9.25. The topological polar surface area (TPSA) is 38.8 Å². The van der Waals surface area contributed by atoms with E-state index in [4.69, 9.17) is 9.47 Å². The van der Waals surface area contributed by atoms with E-state index in [0.29, 0.717) is 6.61 Å². The number of carbonyl (C=O) groups excluding carboxylic acids is 1. The summed E-state index contributed by atoms with van der Waals surface area (Å²) in [5.41, 5.74) is -0.183. The molecule has 1 heterocycles. The molecule has 19 heavy (non-hydrogen) atoms. The number of rotatable bonds is 4. The van der Waals surface area contributed by atoms with Crippen molar-refractivity contribution >= 4 is 5.97 Å². The van der Waals surface area contributed by atoms with Gasteiger partial charge in [-0.2, -0.15) is 0 Å². The Labute approximate surface area is 113 Å². The van der Waals surface area contributed by atoms with Crippen molar-refractivity contribution in [2.75, 3.05) is 6.61 Å². The van der Waals surface area contributed by atoms with Crippen molar-refractivity contribution in [3.8, 4) is 0 Å². The highest BCUT2D eigenvalue weighted by Gasteiger charge is 2.76. The number of benzene rings is 1. The Morgan fingerprint density at radius 3 is 2.58 bits per heavy atom. The maximum Gasteiger partial charge on any atom is 0.346 e. The number of epoxide rings is 1. The first kappa shape index (κ1) is 12.7. The zero-order valence-electron chi connectivity index (χ0n) is 11.4. The lowest BCUT2D eigenvalue weighted by molar-refractivity contribution is -0.150. The van der Waals surface area contributed by atoms with Crippen LogP contribution in [-0.4, -0.2) is 18.2 Å². The van der Waals surface area contributed by atoms with Crippen molar-refractivity contribution in [2.45, 2.75) is 50.2 Å². The molecule has 2 aliphatic rings. The fourth-order valence-corrected chi connectivity index (χ4v) is 3.30. The smallest absolute Gasteiger partial charge is 0.346 e. The second kappa shape index (κ2) is 4.64. The summed E-state index contributed by atoms with van der Waals surface area (Å²) < 4.78 is 11.4. The summed E-state index contributed by atoms with van der Waals surface area (Å²) >= 11 is 0. The van der Waals surface area contributed by atoms with E-state index in [1.54, 1.807) is 0 Å². The first-order valence-corrected chi connectivity index (χ1v) is 7.18. The zero-order valence-corrected chi connectivity index (χ0v) is 11.4. The van der Waals surface area contributed by atoms with E-state index in [-0.39, 0.29) is 11.6 Å². The maximum absolute atomic E-state index is 12.5. The summed E-state index contributed by atoms with van der Waals surface area (Å²) in [5.74, 6) is -0.206. The second-order valence-corrected chi connectivity index (χ2v) is 5.49. The van der Waals surface area contributed by atoms with Gasteiger partial charge in [-0.3, -0.25) is 0 Å². The van der Waals surface area contributed by atoms with E-state index in [1.807, 2.05) is 37.3 Å². The van der Waals surface area contributed by atoms with E-state index in [0.717, 1.165) is 37.7 Å². The van der Waals surface area contributed by atoms with Gasteiger partial charge < -0.3 is 9.47 Å². The van der Waals surface area contributed by atoms with Crippen LogP contribution in [-0.2, 0) is 19.9 Å². The molecule has 1 aliphatic carbocycles. The molecule has 1 spiro atoms. The average Bonchev–Trinajstić information content (AvgIpc) is 2.86. The monoisotopic (exact) mass is 260 g/mol. The molecular weight excluding hydrogens is 240 g/mol. The highest BCUT2D eigenvalue weighted by atomic mass is 16.7. The van der Waals surface area contributed by atoms with Crippen LogP contribution in [0.1, 0.15) is 44.6 Å². The van der Waals surface area contributed by atoms with Crippen LogP contribution in [0, 0.1) is 0 Å². The van der Waals surface area contributed by atoms with Crippen molar-refractivity contribution in [3.05, 3.63) is 35.9 Å². The number of esters is 1. The third-order valence-electron chi connectivity index (χ3n) is 4.26. The molecule has 1 aromatic carbocycles. The lowest BCUT2D eigenvalue weighted by Gasteiger charge is -2.16. The summed E-state index contributed by atoms with van der Waals surface area (Å²) in [6.07, 6.45) is 5.03. The Bertz CT molecular complexity index is 462. The van der Waals surface area contributed by atoms with Crippen molar-refractivity contribution in [3.63, 3.8) is 0 Å². The van der Waals surface area contributed by atoms with Crippen LogP contribution >= 0.6 is 0 Å². The van der Waals surface area contributed by atoms with Crippen LogP contribution in [0.5, 0.6) is 0 Å². The van der Waals surface area contributed by atoms with Crippen molar-refractivity contribution in [1.82, 2.24) is 0 Å². The van der Waals surface area contributed by atoms with Gasteiger partial charge in [0.1, 0.15) is 5.60 Å². The van der Waals surface area contributed by atoms with Crippen molar-refractivity contribution in [2.24, 2.45) is 0 Å². The molecule has 1 saturated heterocycles. The van der Waals surface area contributed by atoms with Crippen LogP contribution in [0.15, 0.2) is 30.3 Å². The Morgan fingerprint density at radius 1 is 1.26 bits per heavy atom. The third-order valence-corrected chi connectivity index (χ3v) is 4.26. The lowest BCUT2D eigenvalue weighted by Crippen LogP contribution is -2.32. The predicted octanol–water partition coefficient (Wildman–Crippen LogP) is 3.18. The maximum atomic E-state index is 12.5. The van der Waals surface area contributed by atoms with Crippen LogP contribution in [0.25, 0.3) is 0 Å². The van der Waals surface area contributed by atoms with Crippen LogP contribution in [0.3, 0.4) is 0 Å². The quantitative estimate of drug-likeness (QED) is 0.616. The molecule has 1 aromatic rings. The lowest BCUT2D eigenvalue weighted by atomic mass is 9.85. The number of carbonyl (C=O) groups is 1. The Kier molecular flexibility index (Phi) is 3.09. The largest absolute Gasteiger partial charge is 0.463 e. The third kappa shape index (κ3) is 1.79. The normalized spacial score (nSPS) is 27.4. The highest BCUT2D eigenvalue weighted by molar-refractivity contribution is 5.86. The van der Waals surface area contributed by atoms with E-state index in [9.17, 15) is 4.79 Å².